The molecule has 2 fully saturated rings. The van der Waals surface area contributed by atoms with Gasteiger partial charge < -0.3 is 60.9 Å². The topological polar surface area (TPSA) is 232 Å². The highest BCUT2D eigenvalue weighted by Gasteiger charge is 2.47. The number of hydrogen-bond donors (Lipinski definition) is 11. The van der Waals surface area contributed by atoms with Gasteiger partial charge in [-0.25, -0.2) is 0 Å². The van der Waals surface area contributed by atoms with Crippen LogP contribution in [0.1, 0.15) is 0 Å². The lowest BCUT2D eigenvalue weighted by Gasteiger charge is -2.39. The molecule has 1 heterocycles. The van der Waals surface area contributed by atoms with E-state index in [4.69, 9.17) is 56.2 Å². The minimum atomic E-state index is -1.64. The maximum atomic E-state index is 9.12. The van der Waals surface area contributed by atoms with Gasteiger partial charge in [-0.05, 0) is 0 Å². The SMILES string of the molecule is OC1C(O)C(O)C(O)C(O)C1O.OC[C@H]1O[C@H](O)[C@H](O)[C@@H](O)[C@H]1O. The molecule has 12 heteroatoms. The van der Waals surface area contributed by atoms with Crippen LogP contribution in [0.5, 0.6) is 0 Å². The van der Waals surface area contributed by atoms with Gasteiger partial charge in [0.2, 0.25) is 0 Å². The Morgan fingerprint density at radius 3 is 1.04 bits per heavy atom. The van der Waals surface area contributed by atoms with E-state index in [1.54, 1.807) is 0 Å². The molecular formula is C12H24O12. The molecule has 0 aromatic rings. The molecule has 1 saturated carbocycles. The van der Waals surface area contributed by atoms with E-state index in [1.807, 2.05) is 0 Å². The van der Waals surface area contributed by atoms with Crippen LogP contribution in [0.4, 0.5) is 0 Å². The molecule has 144 valence electrons. The first kappa shape index (κ1) is 21.6. The van der Waals surface area contributed by atoms with Crippen LogP contribution in [0.25, 0.3) is 0 Å². The smallest absolute Gasteiger partial charge is 0.184 e. The van der Waals surface area contributed by atoms with Crippen LogP contribution in [-0.4, -0.2) is 130 Å². The van der Waals surface area contributed by atoms with Gasteiger partial charge in [0, 0.05) is 0 Å². The van der Waals surface area contributed by atoms with E-state index >= 15 is 0 Å². The fourth-order valence-electron chi connectivity index (χ4n) is 2.29. The molecule has 0 unspecified atom stereocenters. The summed E-state index contributed by atoms with van der Waals surface area (Å²) in [4.78, 5) is 0. The van der Waals surface area contributed by atoms with E-state index in [1.165, 1.54) is 0 Å². The molecule has 1 aliphatic heterocycles. The fourth-order valence-corrected chi connectivity index (χ4v) is 2.29. The second kappa shape index (κ2) is 8.75. The summed E-state index contributed by atoms with van der Waals surface area (Å²) in [6.07, 6.45) is -16.9. The van der Waals surface area contributed by atoms with Crippen LogP contribution >= 0.6 is 0 Å². The van der Waals surface area contributed by atoms with Gasteiger partial charge in [0.1, 0.15) is 61.0 Å². The van der Waals surface area contributed by atoms with E-state index in [9.17, 15) is 0 Å². The first-order chi connectivity index (χ1) is 11.0. The molecule has 1 saturated heterocycles. The summed E-state index contributed by atoms with van der Waals surface area (Å²) in [7, 11) is 0. The highest BCUT2D eigenvalue weighted by Crippen LogP contribution is 2.21. The van der Waals surface area contributed by atoms with Crippen molar-refractivity contribution < 1.29 is 60.9 Å². The van der Waals surface area contributed by atoms with E-state index in [0.29, 0.717) is 0 Å². The molecule has 0 aromatic heterocycles. The van der Waals surface area contributed by atoms with Gasteiger partial charge in [-0.2, -0.15) is 0 Å². The molecule has 0 radical (unpaired) electrons. The van der Waals surface area contributed by atoms with Crippen LogP contribution in [0.3, 0.4) is 0 Å². The minimum Gasteiger partial charge on any atom is -0.394 e. The molecule has 0 bridgehead atoms. The lowest BCUT2D eigenvalue weighted by molar-refractivity contribution is -0.286. The van der Waals surface area contributed by atoms with E-state index < -0.39 is 73.9 Å². The van der Waals surface area contributed by atoms with Crippen molar-refractivity contribution in [3.8, 4) is 0 Å². The number of rotatable bonds is 1. The molecule has 2 aliphatic rings. The molecule has 0 spiro atoms. The third-order valence-corrected chi connectivity index (χ3v) is 3.97. The number of aliphatic hydroxyl groups is 11. The van der Waals surface area contributed by atoms with Crippen molar-refractivity contribution in [3.63, 3.8) is 0 Å². The summed E-state index contributed by atoms with van der Waals surface area (Å²) in [6, 6.07) is 0. The van der Waals surface area contributed by atoms with Crippen molar-refractivity contribution in [2.45, 2.75) is 67.3 Å². The molecule has 0 aromatic carbocycles. The van der Waals surface area contributed by atoms with E-state index in [2.05, 4.69) is 4.74 Å². The van der Waals surface area contributed by atoms with Crippen LogP contribution in [-0.2, 0) is 4.74 Å². The maximum absolute atomic E-state index is 9.12. The zero-order chi connectivity index (χ0) is 18.8. The van der Waals surface area contributed by atoms with Crippen molar-refractivity contribution in [1.29, 1.82) is 0 Å². The maximum Gasteiger partial charge on any atom is 0.184 e. The summed E-state index contributed by atoms with van der Waals surface area (Å²) in [6.45, 7) is -0.526. The van der Waals surface area contributed by atoms with Gasteiger partial charge in [0.25, 0.3) is 0 Å². The lowest BCUT2D eigenvalue weighted by Crippen LogP contribution is -2.63. The Labute approximate surface area is 136 Å². The van der Waals surface area contributed by atoms with Crippen LogP contribution in [0.15, 0.2) is 0 Å². The standard InChI is InChI=1S/2C6H12O6/c7-1-2-3(8)4(9)5(10)6(11)12-2;7-1-2(8)4(10)6(12)5(11)3(1)9/h2-11H,1H2;1-12H/t2-,3+,4+,5-,6+;/m1./s1. The Morgan fingerprint density at radius 1 is 0.458 bits per heavy atom. The van der Waals surface area contributed by atoms with Crippen LogP contribution < -0.4 is 0 Å². The molecule has 24 heavy (non-hydrogen) atoms. The van der Waals surface area contributed by atoms with Gasteiger partial charge in [0.05, 0.1) is 6.61 Å². The van der Waals surface area contributed by atoms with Gasteiger partial charge in [-0.3, -0.25) is 0 Å². The summed E-state index contributed by atoms with van der Waals surface area (Å²) in [5.74, 6) is 0. The molecule has 11 N–H and O–H groups in total. The van der Waals surface area contributed by atoms with Gasteiger partial charge in [-0.15, -0.1) is 0 Å². The van der Waals surface area contributed by atoms with Gasteiger partial charge in [-0.1, -0.05) is 0 Å². The second-order valence-electron chi connectivity index (χ2n) is 5.66. The van der Waals surface area contributed by atoms with E-state index in [0.717, 1.165) is 0 Å². The van der Waals surface area contributed by atoms with Crippen molar-refractivity contribution in [2.24, 2.45) is 0 Å². The Morgan fingerprint density at radius 2 is 0.750 bits per heavy atom. The summed E-state index contributed by atoms with van der Waals surface area (Å²) in [5.41, 5.74) is 0. The largest absolute Gasteiger partial charge is 0.394 e. The molecule has 0 amide bonds. The zero-order valence-electron chi connectivity index (χ0n) is 12.4. The normalized spacial score (nSPS) is 52.4. The third kappa shape index (κ3) is 4.37. The average molecular weight is 360 g/mol. The third-order valence-electron chi connectivity index (χ3n) is 3.97. The first-order valence-corrected chi connectivity index (χ1v) is 7.11. The monoisotopic (exact) mass is 360 g/mol. The zero-order valence-corrected chi connectivity index (χ0v) is 12.4. The minimum absolute atomic E-state index is 0.526. The summed E-state index contributed by atoms with van der Waals surface area (Å²) in [5, 5.41) is 98.5. The van der Waals surface area contributed by atoms with Crippen molar-refractivity contribution >= 4 is 0 Å². The predicted octanol–water partition coefficient (Wildman–Crippen LogP) is -7.06. The van der Waals surface area contributed by atoms with Gasteiger partial charge in [0.15, 0.2) is 6.29 Å². The average Bonchev–Trinajstić information content (AvgIpc) is 2.58. The van der Waals surface area contributed by atoms with Crippen molar-refractivity contribution in [1.82, 2.24) is 0 Å². The number of ether oxygens (including phenoxy) is 1. The lowest BCUT2D eigenvalue weighted by atomic mass is 9.85. The predicted molar refractivity (Wildman–Crippen MR) is 72.0 cm³/mol. The highest BCUT2D eigenvalue weighted by molar-refractivity contribution is 4.98. The van der Waals surface area contributed by atoms with Crippen LogP contribution in [0, 0.1) is 0 Å². The highest BCUT2D eigenvalue weighted by atomic mass is 16.6. The second-order valence-corrected chi connectivity index (χ2v) is 5.66. The Kier molecular flexibility index (Phi) is 7.86. The molecular weight excluding hydrogens is 336 g/mol. The van der Waals surface area contributed by atoms with Crippen molar-refractivity contribution in [3.05, 3.63) is 0 Å². The molecule has 1 aliphatic carbocycles. The van der Waals surface area contributed by atoms with E-state index in [-0.39, 0.29) is 0 Å². The summed E-state index contributed by atoms with van der Waals surface area (Å²) < 4.78 is 4.58. The Balaban J connectivity index is 0.000000240. The van der Waals surface area contributed by atoms with Crippen LogP contribution in [0.2, 0.25) is 0 Å². The van der Waals surface area contributed by atoms with Gasteiger partial charge >= 0.3 is 0 Å². The first-order valence-electron chi connectivity index (χ1n) is 7.11. The molecule has 5 atom stereocenters. The Bertz CT molecular complexity index is 305. The Hall–Kier alpha value is -0.480. The van der Waals surface area contributed by atoms with Crippen molar-refractivity contribution in [2.75, 3.05) is 6.61 Å². The quantitative estimate of drug-likeness (QED) is 0.209. The number of hydrogen-bond acceptors (Lipinski definition) is 12. The summed E-state index contributed by atoms with van der Waals surface area (Å²) >= 11 is 0. The fraction of sp³-hybridized carbons (Fsp3) is 1.00. The molecule has 12 nitrogen and oxygen atoms in total. The molecule has 2 rings (SSSR count). The number of aliphatic hydroxyl groups excluding tert-OH is 11.